The normalized spacial score (nSPS) is 25.1. The highest BCUT2D eigenvalue weighted by Gasteiger charge is 2.50. The minimum atomic E-state index is -0.730. The fourth-order valence-electron chi connectivity index (χ4n) is 10.8. The van der Waals surface area contributed by atoms with Crippen molar-refractivity contribution >= 4 is 39.7 Å². The van der Waals surface area contributed by atoms with E-state index in [1.54, 1.807) is 0 Å². The highest BCUT2D eigenvalue weighted by molar-refractivity contribution is 6.05. The number of benzene rings is 3. The zero-order valence-corrected chi connectivity index (χ0v) is 36.5. The number of H-pyrrole nitrogens is 2. The highest BCUT2D eigenvalue weighted by Crippen LogP contribution is 2.49. The van der Waals surface area contributed by atoms with E-state index >= 15 is 0 Å². The van der Waals surface area contributed by atoms with Crippen LogP contribution in [-0.2, 0) is 19.1 Å². The quantitative estimate of drug-likeness (QED) is 0.134. The molecular formula is C49H61N7O5. The molecule has 0 bridgehead atoms. The first-order chi connectivity index (χ1) is 29.4. The van der Waals surface area contributed by atoms with Crippen molar-refractivity contribution in [3.8, 4) is 22.4 Å². The second kappa shape index (κ2) is 16.6. The van der Waals surface area contributed by atoms with Crippen LogP contribution in [0.5, 0.6) is 0 Å². The van der Waals surface area contributed by atoms with Crippen molar-refractivity contribution in [2.45, 2.75) is 110 Å². The molecule has 4 fully saturated rings. The fourth-order valence-corrected chi connectivity index (χ4v) is 10.8. The summed E-state index contributed by atoms with van der Waals surface area (Å²) in [5, 5.41) is 4.93. The van der Waals surface area contributed by atoms with E-state index < -0.39 is 12.1 Å². The fraction of sp³-hybridized carbons (Fsp3) is 0.531. The molecule has 0 unspecified atom stereocenters. The van der Waals surface area contributed by atoms with Crippen LogP contribution >= 0.6 is 0 Å². The van der Waals surface area contributed by atoms with Gasteiger partial charge in [0.1, 0.15) is 17.7 Å². The SMILES string of the molecule is COC(=O)N[C@H](C(=O)N1C[C@]2(CCCOC2)C[C@H]1c1nc2ccc3cc(-c4ccc(-c5cnc([C@@H]6C[C@@H]7CCCC[C@@H]7N6C(=O)[C@@H](C)C(C)C)[nH]5)cc4)ccc3c2[nH]1)C(C)C. The van der Waals surface area contributed by atoms with E-state index in [0.29, 0.717) is 31.0 Å². The third-order valence-corrected chi connectivity index (χ3v) is 14.6. The smallest absolute Gasteiger partial charge is 0.407 e. The largest absolute Gasteiger partial charge is 0.453 e. The monoisotopic (exact) mass is 827 g/mol. The van der Waals surface area contributed by atoms with Crippen molar-refractivity contribution < 1.29 is 23.9 Å². The topological polar surface area (TPSA) is 146 Å². The Morgan fingerprint density at radius 1 is 0.869 bits per heavy atom. The summed E-state index contributed by atoms with van der Waals surface area (Å²) >= 11 is 0. The molecule has 322 valence electrons. The summed E-state index contributed by atoms with van der Waals surface area (Å²) < 4.78 is 10.9. The molecule has 3 amide bonds. The predicted octanol–water partition coefficient (Wildman–Crippen LogP) is 9.35. The first kappa shape index (κ1) is 41.1. The molecule has 5 aromatic rings. The summed E-state index contributed by atoms with van der Waals surface area (Å²) in [7, 11) is 1.31. The Labute approximate surface area is 358 Å². The van der Waals surface area contributed by atoms with Gasteiger partial charge in [-0.1, -0.05) is 89.9 Å². The number of aromatic amines is 2. The number of ether oxygens (including phenoxy) is 2. The number of methoxy groups -OCH3 is 1. The number of rotatable bonds is 9. The number of nitrogens with one attached hydrogen (secondary N) is 3. The van der Waals surface area contributed by atoms with Crippen LogP contribution in [0.4, 0.5) is 4.79 Å². The van der Waals surface area contributed by atoms with Crippen molar-refractivity contribution in [3.05, 3.63) is 72.4 Å². The number of fused-ring (bicyclic) bond motifs is 4. The van der Waals surface area contributed by atoms with Gasteiger partial charge in [-0.2, -0.15) is 0 Å². The number of likely N-dealkylation sites (tertiary alicyclic amines) is 2. The Morgan fingerprint density at radius 3 is 2.38 bits per heavy atom. The summed E-state index contributed by atoms with van der Waals surface area (Å²) in [6, 6.07) is 18.6. The van der Waals surface area contributed by atoms with Gasteiger partial charge in [0.2, 0.25) is 11.8 Å². The van der Waals surface area contributed by atoms with Crippen molar-refractivity contribution in [3.63, 3.8) is 0 Å². The zero-order valence-electron chi connectivity index (χ0n) is 36.5. The van der Waals surface area contributed by atoms with E-state index in [1.807, 2.05) is 31.0 Å². The van der Waals surface area contributed by atoms with E-state index in [-0.39, 0.29) is 41.1 Å². The summed E-state index contributed by atoms with van der Waals surface area (Å²) in [6.45, 7) is 12.1. The van der Waals surface area contributed by atoms with Gasteiger partial charge in [0, 0.05) is 35.9 Å². The lowest BCUT2D eigenvalue weighted by atomic mass is 9.80. The molecule has 3 N–H and O–H groups in total. The average molecular weight is 828 g/mol. The first-order valence-corrected chi connectivity index (χ1v) is 22.6. The van der Waals surface area contributed by atoms with Gasteiger partial charge in [0.05, 0.1) is 48.7 Å². The molecule has 3 saturated heterocycles. The molecule has 0 radical (unpaired) electrons. The number of aromatic nitrogens is 4. The molecular weight excluding hydrogens is 767 g/mol. The van der Waals surface area contributed by atoms with Crippen LogP contribution in [-0.4, -0.2) is 86.6 Å². The number of carbonyl (C=O) groups excluding carboxylic acids is 3. The van der Waals surface area contributed by atoms with Crippen LogP contribution in [0.2, 0.25) is 0 Å². The van der Waals surface area contributed by atoms with Gasteiger partial charge in [-0.3, -0.25) is 9.59 Å². The molecule has 1 saturated carbocycles. The molecule has 7 atom stereocenters. The van der Waals surface area contributed by atoms with Gasteiger partial charge in [-0.05, 0) is 90.5 Å². The predicted molar refractivity (Wildman–Crippen MR) is 236 cm³/mol. The molecule has 2 aromatic heterocycles. The van der Waals surface area contributed by atoms with Gasteiger partial charge in [0.15, 0.2) is 0 Å². The second-order valence-electron chi connectivity index (χ2n) is 19.1. The van der Waals surface area contributed by atoms with Crippen LogP contribution in [0, 0.1) is 29.1 Å². The van der Waals surface area contributed by atoms with Gasteiger partial charge >= 0.3 is 6.09 Å². The van der Waals surface area contributed by atoms with Crippen LogP contribution in [0.15, 0.2) is 60.8 Å². The summed E-state index contributed by atoms with van der Waals surface area (Å²) in [4.78, 5) is 61.9. The summed E-state index contributed by atoms with van der Waals surface area (Å²) in [6.07, 6.45) is 9.64. The van der Waals surface area contributed by atoms with Gasteiger partial charge in [0.25, 0.3) is 0 Å². The lowest BCUT2D eigenvalue weighted by Crippen LogP contribution is -2.51. The molecule has 4 aliphatic rings. The van der Waals surface area contributed by atoms with Crippen molar-refractivity contribution in [2.24, 2.45) is 29.1 Å². The maximum atomic E-state index is 14.3. The van der Waals surface area contributed by atoms with Crippen LogP contribution < -0.4 is 5.32 Å². The lowest BCUT2D eigenvalue weighted by Gasteiger charge is -2.36. The van der Waals surface area contributed by atoms with E-state index in [9.17, 15) is 14.4 Å². The minimum absolute atomic E-state index is 0.0138. The molecule has 1 aliphatic carbocycles. The maximum Gasteiger partial charge on any atom is 0.407 e. The number of carbonyl (C=O) groups is 3. The van der Waals surface area contributed by atoms with E-state index in [2.05, 4.69) is 89.5 Å². The molecule has 5 heterocycles. The summed E-state index contributed by atoms with van der Waals surface area (Å²) in [5.41, 5.74) is 5.84. The average Bonchev–Trinajstić information content (AvgIpc) is 4.09. The number of imidazole rings is 2. The Morgan fingerprint density at radius 2 is 1.64 bits per heavy atom. The molecule has 3 aromatic carbocycles. The standard InChI is InChI=1S/C49H61N7O5/c1-28(2)30(5)46(57)56-39-11-8-7-10-35(39)23-40(56)44-50-25-38(52-44)32-14-12-31(13-15-32)33-16-18-36-34(22-33)17-19-37-43(36)53-45(51-37)41-24-49(20-9-21-61-27-49)26-55(41)47(58)42(29(3)4)54-48(59)60-6/h12-19,22,25,28-30,35,39-42H,7-11,20-21,23-24,26-27H2,1-6H3,(H,50,52)(H,51,53)(H,54,59)/t30-,35-,39-,40-,41-,42-,49-/m0/s1. The van der Waals surface area contributed by atoms with Gasteiger partial charge < -0.3 is 34.6 Å². The number of alkyl carbamates (subject to hydrolysis) is 1. The number of hydrogen-bond donors (Lipinski definition) is 3. The maximum absolute atomic E-state index is 14.3. The van der Waals surface area contributed by atoms with Crippen LogP contribution in [0.3, 0.4) is 0 Å². The second-order valence-corrected chi connectivity index (χ2v) is 19.1. The zero-order chi connectivity index (χ0) is 42.6. The number of hydrogen-bond acceptors (Lipinski definition) is 7. The van der Waals surface area contributed by atoms with Crippen LogP contribution in [0.1, 0.15) is 110 Å². The van der Waals surface area contributed by atoms with E-state index in [0.717, 1.165) is 94.5 Å². The number of nitrogens with zero attached hydrogens (tertiary/aromatic N) is 4. The van der Waals surface area contributed by atoms with Crippen molar-refractivity contribution in [2.75, 3.05) is 26.9 Å². The van der Waals surface area contributed by atoms with Gasteiger partial charge in [-0.15, -0.1) is 0 Å². The Hall–Kier alpha value is -5.23. The van der Waals surface area contributed by atoms with Gasteiger partial charge in [-0.25, -0.2) is 14.8 Å². The number of amides is 3. The molecule has 12 heteroatoms. The lowest BCUT2D eigenvalue weighted by molar-refractivity contribution is -0.140. The molecule has 12 nitrogen and oxygen atoms in total. The first-order valence-electron chi connectivity index (χ1n) is 22.6. The Kier molecular flexibility index (Phi) is 11.2. The Bertz CT molecular complexity index is 2410. The molecule has 61 heavy (non-hydrogen) atoms. The highest BCUT2D eigenvalue weighted by atomic mass is 16.5. The molecule has 9 rings (SSSR count). The van der Waals surface area contributed by atoms with E-state index in [1.165, 1.54) is 26.4 Å². The van der Waals surface area contributed by atoms with Crippen molar-refractivity contribution in [1.29, 1.82) is 0 Å². The third-order valence-electron chi connectivity index (χ3n) is 14.6. The minimum Gasteiger partial charge on any atom is -0.453 e. The van der Waals surface area contributed by atoms with Crippen LogP contribution in [0.25, 0.3) is 44.2 Å². The molecule has 1 spiro atoms. The summed E-state index contributed by atoms with van der Waals surface area (Å²) in [5.74, 6) is 2.45. The third kappa shape index (κ3) is 7.70. The van der Waals surface area contributed by atoms with E-state index in [4.69, 9.17) is 19.4 Å². The Balaban J connectivity index is 0.959. The molecule has 3 aliphatic heterocycles. The van der Waals surface area contributed by atoms with Crippen molar-refractivity contribution in [1.82, 2.24) is 35.1 Å².